The van der Waals surface area contributed by atoms with Gasteiger partial charge in [-0.3, -0.25) is 4.79 Å². The minimum atomic E-state index is -0.316. The van der Waals surface area contributed by atoms with Gasteiger partial charge in [-0.1, -0.05) is 19.8 Å². The number of unbranched alkanes of at least 4 members (excludes halogenated alkanes) is 2. The molecule has 10 heavy (non-hydrogen) atoms. The van der Waals surface area contributed by atoms with Gasteiger partial charge in [0.1, 0.15) is 0 Å². The van der Waals surface area contributed by atoms with Crippen LogP contribution in [0.4, 0.5) is 0 Å². The monoisotopic (exact) mass is 173 g/mol. The molecular weight excluding hydrogens is 158 g/mol. The van der Waals surface area contributed by atoms with Gasteiger partial charge in [0.15, 0.2) is 0 Å². The third-order valence-electron chi connectivity index (χ3n) is 1.12. The number of nitrogens with two attached hydrogens (primary N) is 1. The predicted molar refractivity (Wildman–Crippen MR) is 42.4 cm³/mol. The Balaban J connectivity index is -0.000000107. The van der Waals surface area contributed by atoms with Crippen molar-refractivity contribution in [1.82, 2.24) is 0 Å². The topological polar surface area (TPSA) is 52.3 Å². The van der Waals surface area contributed by atoms with Crippen molar-refractivity contribution in [3.8, 4) is 0 Å². The van der Waals surface area contributed by atoms with Gasteiger partial charge in [0.25, 0.3) is 0 Å². The molecule has 0 atom stereocenters. The summed E-state index contributed by atoms with van der Waals surface area (Å²) in [5.74, 6) is 4.29. The summed E-state index contributed by atoms with van der Waals surface area (Å²) in [5, 5.41) is 0. The normalized spacial score (nSPS) is 8.20. The summed E-state index contributed by atoms with van der Waals surface area (Å²) in [6.45, 7) is 2.08. The Kier molecular flexibility index (Phi) is 12.9. The summed E-state index contributed by atoms with van der Waals surface area (Å²) in [6.07, 6.45) is 3.50. The summed E-state index contributed by atoms with van der Waals surface area (Å²) >= 11 is 0. The molecule has 0 saturated carbocycles. The molecule has 58 valence electrons. The minimum Gasteiger partial charge on any atom is -1.00 e. The summed E-state index contributed by atoms with van der Waals surface area (Å²) in [7, 11) is 0. The molecule has 0 aliphatic carbocycles. The largest absolute Gasteiger partial charge is 2.00 e. The van der Waals surface area contributed by atoms with Crippen LogP contribution in [0.25, 0.3) is 0 Å². The first-order chi connectivity index (χ1) is 4.31. The molecule has 0 unspecified atom stereocenters. The standard InChI is InChI=1S/C6H13NO2.Ca.2H/c1-2-3-4-5-6(8)9-7;;;/h2-5,7H2,1H3;;;/q;+2;2*-1. The van der Waals surface area contributed by atoms with Crippen molar-refractivity contribution in [3.63, 3.8) is 0 Å². The molecule has 0 rings (SSSR count). The number of hydrogen-bond donors (Lipinski definition) is 1. The van der Waals surface area contributed by atoms with E-state index < -0.39 is 0 Å². The summed E-state index contributed by atoms with van der Waals surface area (Å²) < 4.78 is 0. The van der Waals surface area contributed by atoms with Gasteiger partial charge in [-0.25, -0.2) is 0 Å². The van der Waals surface area contributed by atoms with Crippen LogP contribution < -0.4 is 5.90 Å². The van der Waals surface area contributed by atoms with E-state index in [1.54, 1.807) is 0 Å². The maximum absolute atomic E-state index is 10.3. The fraction of sp³-hybridized carbons (Fsp3) is 0.833. The van der Waals surface area contributed by atoms with E-state index in [0.29, 0.717) is 6.42 Å². The average Bonchev–Trinajstić information content (AvgIpc) is 1.89. The first-order valence-electron chi connectivity index (χ1n) is 3.20. The molecule has 0 saturated heterocycles. The van der Waals surface area contributed by atoms with Gasteiger partial charge in [-0.05, 0) is 6.42 Å². The molecule has 0 aliphatic heterocycles. The average molecular weight is 173 g/mol. The van der Waals surface area contributed by atoms with Gasteiger partial charge >= 0.3 is 43.7 Å². The molecule has 0 bridgehead atoms. The van der Waals surface area contributed by atoms with E-state index in [1.165, 1.54) is 0 Å². The Hall–Kier alpha value is 0.690. The Morgan fingerprint density at radius 2 is 2.20 bits per heavy atom. The number of carbonyl (C=O) groups is 1. The molecule has 0 amide bonds. The SMILES string of the molecule is CCCCCC(=O)ON.[Ca+2].[H-].[H-]. The van der Waals surface area contributed by atoms with Crippen LogP contribution in [-0.2, 0) is 9.63 Å². The van der Waals surface area contributed by atoms with E-state index in [9.17, 15) is 4.79 Å². The molecule has 0 aromatic carbocycles. The van der Waals surface area contributed by atoms with Crippen LogP contribution in [0.2, 0.25) is 0 Å². The van der Waals surface area contributed by atoms with E-state index in [4.69, 9.17) is 0 Å². The maximum Gasteiger partial charge on any atom is 2.00 e. The van der Waals surface area contributed by atoms with Gasteiger partial charge in [0, 0.05) is 6.42 Å². The number of hydrogen-bond acceptors (Lipinski definition) is 3. The van der Waals surface area contributed by atoms with Crippen molar-refractivity contribution >= 4 is 43.7 Å². The van der Waals surface area contributed by atoms with Crippen molar-refractivity contribution in [2.45, 2.75) is 32.6 Å². The zero-order chi connectivity index (χ0) is 7.11. The summed E-state index contributed by atoms with van der Waals surface area (Å²) in [5.41, 5.74) is 0. The Morgan fingerprint density at radius 1 is 1.60 bits per heavy atom. The van der Waals surface area contributed by atoms with Crippen molar-refractivity contribution in [2.24, 2.45) is 5.90 Å². The first-order valence-corrected chi connectivity index (χ1v) is 3.20. The molecule has 0 aliphatic rings. The van der Waals surface area contributed by atoms with Crippen LogP contribution in [-0.4, -0.2) is 43.7 Å². The molecule has 0 spiro atoms. The second-order valence-corrected chi connectivity index (χ2v) is 1.95. The van der Waals surface area contributed by atoms with Gasteiger partial charge in [0.2, 0.25) is 0 Å². The number of rotatable bonds is 4. The molecular formula is C6H15CaNO2. The summed E-state index contributed by atoms with van der Waals surface area (Å²) in [6, 6.07) is 0. The summed E-state index contributed by atoms with van der Waals surface area (Å²) in [4.78, 5) is 14.3. The zero-order valence-electron chi connectivity index (χ0n) is 8.43. The fourth-order valence-electron chi connectivity index (χ4n) is 0.578. The molecule has 2 N–H and O–H groups in total. The Bertz CT molecular complexity index is 95.6. The van der Waals surface area contributed by atoms with E-state index in [1.807, 2.05) is 0 Å². The van der Waals surface area contributed by atoms with Crippen LogP contribution in [0.3, 0.4) is 0 Å². The van der Waals surface area contributed by atoms with Crippen LogP contribution in [0.5, 0.6) is 0 Å². The Labute approximate surface area is 94.2 Å². The molecule has 0 aromatic rings. The van der Waals surface area contributed by atoms with Crippen molar-refractivity contribution in [3.05, 3.63) is 0 Å². The minimum absolute atomic E-state index is 0. The third kappa shape index (κ3) is 8.69. The quantitative estimate of drug-likeness (QED) is 0.389. The van der Waals surface area contributed by atoms with E-state index in [2.05, 4.69) is 17.7 Å². The van der Waals surface area contributed by atoms with E-state index >= 15 is 0 Å². The predicted octanol–water partition coefficient (Wildman–Crippen LogP) is 0.828. The van der Waals surface area contributed by atoms with Crippen molar-refractivity contribution in [1.29, 1.82) is 0 Å². The van der Waals surface area contributed by atoms with E-state index in [0.717, 1.165) is 19.3 Å². The fourth-order valence-corrected chi connectivity index (χ4v) is 0.578. The van der Waals surface area contributed by atoms with Gasteiger partial charge in [0.05, 0.1) is 0 Å². The molecule has 0 fully saturated rings. The molecule has 0 heterocycles. The molecule has 0 aromatic heterocycles. The maximum atomic E-state index is 10.3. The molecule has 3 nitrogen and oxygen atoms in total. The van der Waals surface area contributed by atoms with Crippen LogP contribution in [0.15, 0.2) is 0 Å². The second-order valence-electron chi connectivity index (χ2n) is 1.95. The smallest absolute Gasteiger partial charge is 1.00 e. The van der Waals surface area contributed by atoms with Crippen molar-refractivity contribution in [2.75, 3.05) is 0 Å². The van der Waals surface area contributed by atoms with Crippen LogP contribution in [0.1, 0.15) is 35.5 Å². The third-order valence-corrected chi connectivity index (χ3v) is 1.12. The van der Waals surface area contributed by atoms with Crippen LogP contribution >= 0.6 is 0 Å². The van der Waals surface area contributed by atoms with Gasteiger partial charge in [-0.15, -0.1) is 0 Å². The first kappa shape index (κ1) is 13.3. The molecule has 0 radical (unpaired) electrons. The number of carbonyl (C=O) groups excluding carboxylic acids is 1. The molecule has 4 heteroatoms. The van der Waals surface area contributed by atoms with Crippen LogP contribution in [0, 0.1) is 0 Å². The van der Waals surface area contributed by atoms with Crippen molar-refractivity contribution < 1.29 is 12.5 Å². The van der Waals surface area contributed by atoms with Gasteiger partial charge in [-0.2, -0.15) is 5.90 Å². The zero-order valence-corrected chi connectivity index (χ0v) is 8.64. The Morgan fingerprint density at radius 3 is 2.60 bits per heavy atom. The second kappa shape index (κ2) is 9.69. The van der Waals surface area contributed by atoms with E-state index in [-0.39, 0.29) is 46.6 Å². The van der Waals surface area contributed by atoms with Gasteiger partial charge < -0.3 is 7.69 Å².